The lowest BCUT2D eigenvalue weighted by atomic mass is 10.1. The molecule has 0 radical (unpaired) electrons. The second kappa shape index (κ2) is 6.22. The van der Waals surface area contributed by atoms with Crippen LogP contribution in [0, 0.1) is 0 Å². The highest BCUT2D eigenvalue weighted by Crippen LogP contribution is 2.19. The summed E-state index contributed by atoms with van der Waals surface area (Å²) in [5.74, 6) is 0. The number of morpholine rings is 1. The van der Waals surface area contributed by atoms with Crippen molar-refractivity contribution in [2.24, 2.45) is 12.8 Å². The van der Waals surface area contributed by atoms with Crippen molar-refractivity contribution in [2.75, 3.05) is 45.9 Å². The van der Waals surface area contributed by atoms with Gasteiger partial charge in [-0.25, -0.2) is 0 Å². The number of hydrogen-bond donors (Lipinski definition) is 1. The van der Waals surface area contributed by atoms with Crippen LogP contribution in [-0.4, -0.2) is 71.6 Å². The van der Waals surface area contributed by atoms with Gasteiger partial charge in [-0.15, -0.1) is 0 Å². The number of aromatic nitrogens is 2. The normalized spacial score (nSPS) is 27.0. The van der Waals surface area contributed by atoms with Gasteiger partial charge in [0.1, 0.15) is 0 Å². The molecule has 0 aliphatic carbocycles. The Bertz CT molecular complexity index is 429. The van der Waals surface area contributed by atoms with Crippen LogP contribution in [0.5, 0.6) is 0 Å². The van der Waals surface area contributed by atoms with Crippen molar-refractivity contribution < 1.29 is 4.74 Å². The molecular formula is C14H25N5O. The van der Waals surface area contributed by atoms with Gasteiger partial charge in [0.05, 0.1) is 19.4 Å². The minimum atomic E-state index is 0.0622. The summed E-state index contributed by atoms with van der Waals surface area (Å²) in [5, 5.41) is 4.20. The van der Waals surface area contributed by atoms with Gasteiger partial charge in [-0.1, -0.05) is 0 Å². The first-order chi connectivity index (χ1) is 9.72. The van der Waals surface area contributed by atoms with E-state index in [4.69, 9.17) is 10.5 Å². The number of rotatable bonds is 4. The Morgan fingerprint density at radius 3 is 2.90 bits per heavy atom. The lowest BCUT2D eigenvalue weighted by Crippen LogP contribution is -2.45. The van der Waals surface area contributed by atoms with Crippen molar-refractivity contribution in [2.45, 2.75) is 18.5 Å². The molecule has 1 aromatic rings. The zero-order valence-electron chi connectivity index (χ0n) is 12.2. The molecule has 3 heterocycles. The number of ether oxygens (including phenoxy) is 1. The highest BCUT2D eigenvalue weighted by molar-refractivity contribution is 5.10. The predicted octanol–water partition coefficient (Wildman–Crippen LogP) is -0.174. The van der Waals surface area contributed by atoms with E-state index in [1.54, 1.807) is 0 Å². The van der Waals surface area contributed by atoms with E-state index < -0.39 is 0 Å². The van der Waals surface area contributed by atoms with Crippen molar-refractivity contribution in [3.8, 4) is 0 Å². The van der Waals surface area contributed by atoms with Crippen molar-refractivity contribution in [1.82, 2.24) is 19.6 Å². The van der Waals surface area contributed by atoms with Crippen LogP contribution in [0.1, 0.15) is 18.0 Å². The molecule has 2 unspecified atom stereocenters. The fourth-order valence-electron chi connectivity index (χ4n) is 3.23. The number of nitrogens with zero attached hydrogens (tertiary/aromatic N) is 4. The maximum absolute atomic E-state index is 6.28. The zero-order chi connectivity index (χ0) is 13.9. The molecule has 2 saturated heterocycles. The Labute approximate surface area is 120 Å². The van der Waals surface area contributed by atoms with E-state index in [0.29, 0.717) is 6.04 Å². The van der Waals surface area contributed by atoms with Gasteiger partial charge in [0.15, 0.2) is 0 Å². The summed E-state index contributed by atoms with van der Waals surface area (Å²) in [4.78, 5) is 5.05. The van der Waals surface area contributed by atoms with Crippen molar-refractivity contribution >= 4 is 0 Å². The van der Waals surface area contributed by atoms with Crippen LogP contribution in [0.2, 0.25) is 0 Å². The third-order valence-corrected chi connectivity index (χ3v) is 4.42. The lowest BCUT2D eigenvalue weighted by molar-refractivity contribution is 0.0184. The fourth-order valence-corrected chi connectivity index (χ4v) is 3.23. The average Bonchev–Trinajstić information content (AvgIpc) is 3.09. The molecule has 2 aliphatic heterocycles. The van der Waals surface area contributed by atoms with Crippen molar-refractivity contribution in [3.05, 3.63) is 18.0 Å². The summed E-state index contributed by atoms with van der Waals surface area (Å²) < 4.78 is 7.24. The Hall–Kier alpha value is -0.950. The van der Waals surface area contributed by atoms with E-state index in [9.17, 15) is 0 Å². The molecule has 0 bridgehead atoms. The summed E-state index contributed by atoms with van der Waals surface area (Å²) in [6.45, 7) is 7.12. The van der Waals surface area contributed by atoms with Crippen LogP contribution in [0.4, 0.5) is 0 Å². The third kappa shape index (κ3) is 3.20. The number of likely N-dealkylation sites (tertiary alicyclic amines) is 1. The molecule has 2 aliphatic rings. The largest absolute Gasteiger partial charge is 0.379 e. The summed E-state index contributed by atoms with van der Waals surface area (Å²) in [7, 11) is 1.93. The highest BCUT2D eigenvalue weighted by Gasteiger charge is 2.29. The molecule has 3 rings (SSSR count). The van der Waals surface area contributed by atoms with E-state index in [2.05, 4.69) is 14.9 Å². The first-order valence-electron chi connectivity index (χ1n) is 7.50. The van der Waals surface area contributed by atoms with Gasteiger partial charge in [-0.2, -0.15) is 5.10 Å². The predicted molar refractivity (Wildman–Crippen MR) is 77.4 cm³/mol. The third-order valence-electron chi connectivity index (χ3n) is 4.42. The Balaban J connectivity index is 1.49. The van der Waals surface area contributed by atoms with Gasteiger partial charge in [0.25, 0.3) is 0 Å². The molecule has 2 fully saturated rings. The van der Waals surface area contributed by atoms with Crippen LogP contribution < -0.4 is 5.73 Å². The zero-order valence-corrected chi connectivity index (χ0v) is 12.2. The number of hydrogen-bond acceptors (Lipinski definition) is 5. The van der Waals surface area contributed by atoms with Gasteiger partial charge in [-0.3, -0.25) is 14.5 Å². The minimum Gasteiger partial charge on any atom is -0.379 e. The van der Waals surface area contributed by atoms with E-state index in [1.807, 2.05) is 24.1 Å². The molecule has 0 spiro atoms. The van der Waals surface area contributed by atoms with Crippen molar-refractivity contribution in [3.63, 3.8) is 0 Å². The summed E-state index contributed by atoms with van der Waals surface area (Å²) in [6, 6.07) is 0.743. The van der Waals surface area contributed by atoms with Gasteiger partial charge in [-0.05, 0) is 13.0 Å². The van der Waals surface area contributed by atoms with Crippen molar-refractivity contribution in [1.29, 1.82) is 0 Å². The van der Waals surface area contributed by atoms with Crippen LogP contribution >= 0.6 is 0 Å². The summed E-state index contributed by atoms with van der Waals surface area (Å²) in [5.41, 5.74) is 7.41. The molecule has 112 valence electrons. The monoisotopic (exact) mass is 279 g/mol. The van der Waals surface area contributed by atoms with E-state index in [0.717, 1.165) is 51.5 Å². The summed E-state index contributed by atoms with van der Waals surface area (Å²) in [6.07, 6.45) is 5.14. The summed E-state index contributed by atoms with van der Waals surface area (Å²) >= 11 is 0. The Kier molecular flexibility index (Phi) is 4.35. The van der Waals surface area contributed by atoms with Crippen LogP contribution in [0.25, 0.3) is 0 Å². The van der Waals surface area contributed by atoms with Gasteiger partial charge < -0.3 is 10.5 Å². The second-order valence-electron chi connectivity index (χ2n) is 5.90. The quantitative estimate of drug-likeness (QED) is 0.829. The van der Waals surface area contributed by atoms with E-state index >= 15 is 0 Å². The Morgan fingerprint density at radius 2 is 2.20 bits per heavy atom. The lowest BCUT2D eigenvalue weighted by Gasteiger charge is -2.32. The minimum absolute atomic E-state index is 0.0622. The molecule has 2 N–H and O–H groups in total. The second-order valence-corrected chi connectivity index (χ2v) is 5.90. The fraction of sp³-hybridized carbons (Fsp3) is 0.786. The molecule has 0 saturated carbocycles. The van der Waals surface area contributed by atoms with Crippen LogP contribution in [0.15, 0.2) is 12.4 Å². The number of nitrogens with two attached hydrogens (primary N) is 1. The molecule has 0 aromatic carbocycles. The topological polar surface area (TPSA) is 59.5 Å². The molecule has 20 heavy (non-hydrogen) atoms. The first kappa shape index (κ1) is 14.0. The molecule has 6 heteroatoms. The van der Waals surface area contributed by atoms with Crippen LogP contribution in [-0.2, 0) is 11.8 Å². The first-order valence-corrected chi connectivity index (χ1v) is 7.50. The van der Waals surface area contributed by atoms with E-state index in [-0.39, 0.29) is 6.04 Å². The molecular weight excluding hydrogens is 254 g/mol. The SMILES string of the molecule is Cn1cc(C(N)CN2CCC(N3CCOCC3)C2)cn1. The highest BCUT2D eigenvalue weighted by atomic mass is 16.5. The maximum atomic E-state index is 6.28. The Morgan fingerprint density at radius 1 is 1.40 bits per heavy atom. The van der Waals surface area contributed by atoms with E-state index in [1.165, 1.54) is 6.42 Å². The number of aryl methyl sites for hydroxylation is 1. The average molecular weight is 279 g/mol. The maximum Gasteiger partial charge on any atom is 0.0594 e. The smallest absolute Gasteiger partial charge is 0.0594 e. The molecule has 0 amide bonds. The molecule has 1 aromatic heterocycles. The van der Waals surface area contributed by atoms with Gasteiger partial charge in [0.2, 0.25) is 0 Å². The van der Waals surface area contributed by atoms with Crippen LogP contribution in [0.3, 0.4) is 0 Å². The molecule has 6 nitrogen and oxygen atoms in total. The van der Waals surface area contributed by atoms with Gasteiger partial charge >= 0.3 is 0 Å². The van der Waals surface area contributed by atoms with Gasteiger partial charge in [0, 0.05) is 57.1 Å². The standard InChI is InChI=1S/C14H25N5O/c1-17-9-12(8-16-17)14(15)11-18-3-2-13(10-18)19-4-6-20-7-5-19/h8-9,13-14H,2-7,10-11,15H2,1H3. The molecule has 2 atom stereocenters.